The average molecular weight is 355 g/mol. The van der Waals surface area contributed by atoms with Crippen LogP contribution in [0.4, 0.5) is 4.79 Å². The predicted octanol–water partition coefficient (Wildman–Crippen LogP) is 3.67. The van der Waals surface area contributed by atoms with Crippen LogP contribution in [0.2, 0.25) is 0 Å². The number of benzene rings is 1. The van der Waals surface area contributed by atoms with Crippen molar-refractivity contribution in [2.24, 2.45) is 0 Å². The van der Waals surface area contributed by atoms with Crippen molar-refractivity contribution in [2.45, 2.75) is 51.9 Å². The molecule has 6 heteroatoms. The molecule has 1 aromatic heterocycles. The van der Waals surface area contributed by atoms with Gasteiger partial charge in [0.15, 0.2) is 5.82 Å². The molecule has 1 aliphatic heterocycles. The summed E-state index contributed by atoms with van der Waals surface area (Å²) in [6.45, 7) is 8.19. The van der Waals surface area contributed by atoms with Gasteiger partial charge in [-0.25, -0.2) is 14.8 Å². The molecule has 0 saturated heterocycles. The second kappa shape index (κ2) is 7.41. The summed E-state index contributed by atoms with van der Waals surface area (Å²) in [5.74, 6) is 0.701. The topological polar surface area (TPSA) is 73.3 Å². The number of aromatic nitrogens is 2. The third-order valence-electron chi connectivity index (χ3n) is 4.14. The summed E-state index contributed by atoms with van der Waals surface area (Å²) in [7, 11) is 0. The lowest BCUT2D eigenvalue weighted by molar-refractivity contribution is -0.0461. The van der Waals surface area contributed by atoms with E-state index < -0.39 is 12.2 Å². The molecule has 0 aliphatic carbocycles. The maximum Gasteiger partial charge on any atom is 0.407 e. The maximum atomic E-state index is 12.1. The fraction of sp³-hybridized carbons (Fsp3) is 0.450. The van der Waals surface area contributed by atoms with E-state index in [2.05, 4.69) is 21.4 Å². The van der Waals surface area contributed by atoms with Gasteiger partial charge in [0.25, 0.3) is 0 Å². The van der Waals surface area contributed by atoms with Gasteiger partial charge >= 0.3 is 6.09 Å². The van der Waals surface area contributed by atoms with Gasteiger partial charge in [0.2, 0.25) is 0 Å². The van der Waals surface area contributed by atoms with Crippen molar-refractivity contribution < 1.29 is 14.3 Å². The highest BCUT2D eigenvalue weighted by atomic mass is 16.6. The average Bonchev–Trinajstić information content (AvgIpc) is 2.59. The molecule has 1 amide bonds. The summed E-state index contributed by atoms with van der Waals surface area (Å²) in [5.41, 5.74) is 2.86. The first-order chi connectivity index (χ1) is 12.3. The van der Waals surface area contributed by atoms with E-state index >= 15 is 0 Å². The van der Waals surface area contributed by atoms with Gasteiger partial charge in [0.05, 0.1) is 6.61 Å². The van der Waals surface area contributed by atoms with Crippen LogP contribution in [0.15, 0.2) is 36.7 Å². The smallest absolute Gasteiger partial charge is 0.407 e. The lowest BCUT2D eigenvalue weighted by Gasteiger charge is -2.31. The molecule has 2 atom stereocenters. The van der Waals surface area contributed by atoms with Crippen LogP contribution in [0, 0.1) is 0 Å². The summed E-state index contributed by atoms with van der Waals surface area (Å²) in [6, 6.07) is 7.90. The molecule has 1 N–H and O–H groups in total. The first-order valence-corrected chi connectivity index (χ1v) is 8.84. The Hall–Kier alpha value is -2.47. The zero-order chi connectivity index (χ0) is 18.7. The zero-order valence-corrected chi connectivity index (χ0v) is 15.7. The van der Waals surface area contributed by atoms with E-state index in [1.165, 1.54) is 5.56 Å². The summed E-state index contributed by atoms with van der Waals surface area (Å²) in [5, 5.41) is 2.81. The van der Waals surface area contributed by atoms with Crippen LogP contribution in [0.5, 0.6) is 0 Å². The first-order valence-electron chi connectivity index (χ1n) is 8.84. The molecular weight excluding hydrogens is 330 g/mol. The number of ether oxygens (including phenoxy) is 2. The molecule has 0 saturated carbocycles. The van der Waals surface area contributed by atoms with E-state index in [0.717, 1.165) is 17.5 Å². The highest BCUT2D eigenvalue weighted by Crippen LogP contribution is 2.33. The van der Waals surface area contributed by atoms with E-state index in [9.17, 15) is 4.79 Å². The van der Waals surface area contributed by atoms with Crippen LogP contribution in [0.1, 0.15) is 44.9 Å². The Kier molecular flexibility index (Phi) is 5.23. The second-order valence-electron chi connectivity index (χ2n) is 7.51. The minimum absolute atomic E-state index is 0.282. The number of fused-ring (bicyclic) bond motifs is 1. The number of rotatable bonds is 3. The van der Waals surface area contributed by atoms with Gasteiger partial charge in [-0.1, -0.05) is 12.1 Å². The van der Waals surface area contributed by atoms with E-state index in [1.807, 2.05) is 39.8 Å². The Labute approximate surface area is 154 Å². The normalized spacial score (nSPS) is 17.9. The Morgan fingerprint density at radius 2 is 2.04 bits per heavy atom. The van der Waals surface area contributed by atoms with Crippen LogP contribution in [-0.2, 0) is 15.9 Å². The monoisotopic (exact) mass is 355 g/mol. The molecule has 0 unspecified atom stereocenters. The first kappa shape index (κ1) is 18.3. The predicted molar refractivity (Wildman–Crippen MR) is 98.7 cm³/mol. The van der Waals surface area contributed by atoms with Crippen LogP contribution in [0.3, 0.4) is 0 Å². The lowest BCUT2D eigenvalue weighted by Crippen LogP contribution is -2.43. The summed E-state index contributed by atoms with van der Waals surface area (Å²) in [6.07, 6.45) is 3.17. The number of alkyl carbamates (subject to hydrolysis) is 1. The molecule has 3 rings (SSSR count). The van der Waals surface area contributed by atoms with Gasteiger partial charge in [-0.2, -0.15) is 0 Å². The highest BCUT2D eigenvalue weighted by molar-refractivity contribution is 5.68. The van der Waals surface area contributed by atoms with E-state index in [-0.39, 0.29) is 11.6 Å². The van der Waals surface area contributed by atoms with Gasteiger partial charge in [-0.3, -0.25) is 0 Å². The number of carbonyl (C=O) groups is 1. The third kappa shape index (κ3) is 4.38. The van der Waals surface area contributed by atoms with Crippen LogP contribution in [-0.4, -0.2) is 34.3 Å². The summed E-state index contributed by atoms with van der Waals surface area (Å²) >= 11 is 0. The van der Waals surface area contributed by atoms with Gasteiger partial charge in [-0.15, -0.1) is 0 Å². The van der Waals surface area contributed by atoms with Gasteiger partial charge in [0, 0.05) is 23.5 Å². The molecule has 0 bridgehead atoms. The summed E-state index contributed by atoms with van der Waals surface area (Å²) < 4.78 is 11.4. The standard InChI is InChI=1S/C20H25N3O3/c1-13(26-19(24)23-20(2,3)4)17-16-7-6-15(12-14(16)8-11-25-17)18-21-9-5-10-22-18/h5-7,9-10,12-13,17H,8,11H2,1-4H3,(H,23,24)/t13-,17+/m1/s1. The molecular formula is C20H25N3O3. The second-order valence-corrected chi connectivity index (χ2v) is 7.51. The van der Waals surface area contributed by atoms with Crippen molar-refractivity contribution in [3.05, 3.63) is 47.8 Å². The number of hydrogen-bond acceptors (Lipinski definition) is 5. The van der Waals surface area contributed by atoms with Crippen LogP contribution >= 0.6 is 0 Å². The van der Waals surface area contributed by atoms with Crippen molar-refractivity contribution in [1.82, 2.24) is 15.3 Å². The molecule has 0 spiro atoms. The third-order valence-corrected chi connectivity index (χ3v) is 4.14. The largest absolute Gasteiger partial charge is 0.443 e. The molecule has 0 fully saturated rings. The molecule has 1 aliphatic rings. The van der Waals surface area contributed by atoms with Gasteiger partial charge < -0.3 is 14.8 Å². The van der Waals surface area contributed by atoms with E-state index in [0.29, 0.717) is 12.4 Å². The van der Waals surface area contributed by atoms with Crippen molar-refractivity contribution in [3.63, 3.8) is 0 Å². The van der Waals surface area contributed by atoms with Crippen LogP contribution in [0.25, 0.3) is 11.4 Å². The Morgan fingerprint density at radius 3 is 2.73 bits per heavy atom. The van der Waals surface area contributed by atoms with E-state index in [4.69, 9.17) is 9.47 Å². The zero-order valence-electron chi connectivity index (χ0n) is 15.7. The Morgan fingerprint density at radius 1 is 1.31 bits per heavy atom. The number of amides is 1. The minimum Gasteiger partial charge on any atom is -0.443 e. The number of nitrogens with one attached hydrogen (secondary N) is 1. The molecule has 0 radical (unpaired) electrons. The van der Waals surface area contributed by atoms with Crippen molar-refractivity contribution in [3.8, 4) is 11.4 Å². The molecule has 1 aromatic carbocycles. The minimum atomic E-state index is -0.435. The SMILES string of the molecule is C[C@@H](OC(=O)NC(C)(C)C)[C@@H]1OCCc2cc(-c3ncccn3)ccc21. The van der Waals surface area contributed by atoms with Crippen molar-refractivity contribution in [1.29, 1.82) is 0 Å². The molecule has 26 heavy (non-hydrogen) atoms. The lowest BCUT2D eigenvalue weighted by atomic mass is 9.93. The highest BCUT2D eigenvalue weighted by Gasteiger charge is 2.29. The number of nitrogens with zero attached hydrogens (tertiary/aromatic N) is 2. The fourth-order valence-corrected chi connectivity index (χ4v) is 3.03. The molecule has 2 heterocycles. The quantitative estimate of drug-likeness (QED) is 0.909. The molecule has 2 aromatic rings. The van der Waals surface area contributed by atoms with Crippen molar-refractivity contribution >= 4 is 6.09 Å². The number of carbonyl (C=O) groups excluding carboxylic acids is 1. The molecule has 6 nitrogen and oxygen atoms in total. The van der Waals surface area contributed by atoms with Crippen LogP contribution < -0.4 is 5.32 Å². The van der Waals surface area contributed by atoms with Gasteiger partial charge in [0.1, 0.15) is 12.2 Å². The molecule has 138 valence electrons. The summed E-state index contributed by atoms with van der Waals surface area (Å²) in [4.78, 5) is 20.7. The van der Waals surface area contributed by atoms with Gasteiger partial charge in [-0.05, 0) is 57.4 Å². The van der Waals surface area contributed by atoms with E-state index in [1.54, 1.807) is 18.5 Å². The Balaban J connectivity index is 1.77. The fourth-order valence-electron chi connectivity index (χ4n) is 3.03. The Bertz CT molecular complexity index is 772. The van der Waals surface area contributed by atoms with Crippen molar-refractivity contribution in [2.75, 3.05) is 6.61 Å². The number of hydrogen-bond donors (Lipinski definition) is 1. The maximum absolute atomic E-state index is 12.1.